The molecule has 1 rings (SSSR count). The number of hydrogen-bond acceptors (Lipinski definition) is 4. The SMILES string of the molecule is NCc1ccnc(OCCCO)c1Cl. The summed E-state index contributed by atoms with van der Waals surface area (Å²) >= 11 is 5.96. The molecular weight excluding hydrogens is 204 g/mol. The zero-order valence-electron chi connectivity index (χ0n) is 7.74. The Labute approximate surface area is 87.7 Å². The van der Waals surface area contributed by atoms with Crippen molar-refractivity contribution in [3.8, 4) is 5.88 Å². The number of aliphatic hydroxyl groups excluding tert-OH is 1. The Balaban J connectivity index is 2.66. The van der Waals surface area contributed by atoms with Crippen molar-refractivity contribution in [1.82, 2.24) is 4.98 Å². The van der Waals surface area contributed by atoms with Crippen molar-refractivity contribution in [1.29, 1.82) is 0 Å². The van der Waals surface area contributed by atoms with Crippen molar-refractivity contribution in [2.45, 2.75) is 13.0 Å². The molecule has 0 unspecified atom stereocenters. The van der Waals surface area contributed by atoms with E-state index in [1.165, 1.54) is 0 Å². The first-order chi connectivity index (χ1) is 6.79. The molecule has 0 aliphatic rings. The van der Waals surface area contributed by atoms with E-state index in [1.54, 1.807) is 12.3 Å². The Morgan fingerprint density at radius 2 is 2.36 bits per heavy atom. The Hall–Kier alpha value is -0.840. The highest BCUT2D eigenvalue weighted by molar-refractivity contribution is 6.32. The standard InChI is InChI=1S/C9H13ClN2O2/c10-8-7(6-11)2-3-12-9(8)14-5-1-4-13/h2-3,13H,1,4-6,11H2. The van der Waals surface area contributed by atoms with Crippen LogP contribution >= 0.6 is 11.6 Å². The van der Waals surface area contributed by atoms with E-state index in [1.807, 2.05) is 0 Å². The van der Waals surface area contributed by atoms with Crippen molar-refractivity contribution in [2.75, 3.05) is 13.2 Å². The highest BCUT2D eigenvalue weighted by atomic mass is 35.5. The van der Waals surface area contributed by atoms with Gasteiger partial charge in [0.25, 0.3) is 0 Å². The largest absolute Gasteiger partial charge is 0.477 e. The van der Waals surface area contributed by atoms with E-state index < -0.39 is 0 Å². The summed E-state index contributed by atoms with van der Waals surface area (Å²) in [5.74, 6) is 0.378. The van der Waals surface area contributed by atoms with E-state index in [4.69, 9.17) is 27.2 Å². The molecule has 1 heterocycles. The first-order valence-corrected chi connectivity index (χ1v) is 4.74. The Morgan fingerprint density at radius 1 is 1.57 bits per heavy atom. The van der Waals surface area contributed by atoms with Crippen LogP contribution in [0.2, 0.25) is 5.02 Å². The third-order valence-corrected chi connectivity index (χ3v) is 2.10. The normalized spacial score (nSPS) is 10.2. The number of ether oxygens (including phenoxy) is 1. The molecule has 0 spiro atoms. The number of aromatic nitrogens is 1. The van der Waals surface area contributed by atoms with Gasteiger partial charge in [-0.2, -0.15) is 0 Å². The topological polar surface area (TPSA) is 68.4 Å². The van der Waals surface area contributed by atoms with Crippen LogP contribution in [0.3, 0.4) is 0 Å². The Bertz CT molecular complexity index is 294. The molecule has 1 aromatic heterocycles. The van der Waals surface area contributed by atoms with E-state index in [0.717, 1.165) is 5.56 Å². The predicted molar refractivity (Wildman–Crippen MR) is 54.3 cm³/mol. The van der Waals surface area contributed by atoms with E-state index in [9.17, 15) is 0 Å². The van der Waals surface area contributed by atoms with Crippen molar-refractivity contribution < 1.29 is 9.84 Å². The monoisotopic (exact) mass is 216 g/mol. The summed E-state index contributed by atoms with van der Waals surface area (Å²) in [6, 6.07) is 1.75. The number of nitrogens with two attached hydrogens (primary N) is 1. The summed E-state index contributed by atoms with van der Waals surface area (Å²) in [5, 5.41) is 9.01. The zero-order valence-corrected chi connectivity index (χ0v) is 8.50. The molecule has 0 saturated carbocycles. The molecule has 1 aromatic rings. The van der Waals surface area contributed by atoms with Crippen LogP contribution in [0.5, 0.6) is 5.88 Å². The molecule has 78 valence electrons. The lowest BCUT2D eigenvalue weighted by atomic mass is 10.3. The minimum Gasteiger partial charge on any atom is -0.477 e. The van der Waals surface area contributed by atoms with E-state index >= 15 is 0 Å². The van der Waals surface area contributed by atoms with Gasteiger partial charge in [0.1, 0.15) is 5.02 Å². The van der Waals surface area contributed by atoms with Crippen LogP contribution in [0, 0.1) is 0 Å². The van der Waals surface area contributed by atoms with Crippen LogP contribution in [0.1, 0.15) is 12.0 Å². The zero-order chi connectivity index (χ0) is 10.4. The minimum absolute atomic E-state index is 0.0915. The molecule has 0 aliphatic heterocycles. The summed E-state index contributed by atoms with van der Waals surface area (Å²) in [6.07, 6.45) is 2.16. The third kappa shape index (κ3) is 2.83. The van der Waals surface area contributed by atoms with Crippen LogP contribution in [-0.2, 0) is 6.54 Å². The molecule has 5 heteroatoms. The molecule has 0 amide bonds. The summed E-state index contributed by atoms with van der Waals surface area (Å²) in [7, 11) is 0. The third-order valence-electron chi connectivity index (χ3n) is 1.70. The van der Waals surface area contributed by atoms with Gasteiger partial charge in [0, 0.05) is 25.8 Å². The van der Waals surface area contributed by atoms with Gasteiger partial charge in [-0.3, -0.25) is 0 Å². The van der Waals surface area contributed by atoms with E-state index in [2.05, 4.69) is 4.98 Å². The molecule has 0 radical (unpaired) electrons. The second-order valence-electron chi connectivity index (χ2n) is 2.72. The number of aliphatic hydroxyl groups is 1. The fourth-order valence-corrected chi connectivity index (χ4v) is 1.20. The van der Waals surface area contributed by atoms with Crippen molar-refractivity contribution in [2.24, 2.45) is 5.73 Å². The van der Waals surface area contributed by atoms with Gasteiger partial charge in [0.05, 0.1) is 6.61 Å². The molecule has 0 fully saturated rings. The van der Waals surface area contributed by atoms with Crippen molar-refractivity contribution in [3.63, 3.8) is 0 Å². The second-order valence-corrected chi connectivity index (χ2v) is 3.10. The highest BCUT2D eigenvalue weighted by Crippen LogP contribution is 2.25. The Kier molecular flexibility index (Phi) is 4.65. The van der Waals surface area contributed by atoms with Gasteiger partial charge in [-0.25, -0.2) is 4.98 Å². The summed E-state index contributed by atoms with van der Waals surface area (Å²) in [6.45, 7) is 0.850. The number of pyridine rings is 1. The van der Waals surface area contributed by atoms with Gasteiger partial charge < -0.3 is 15.6 Å². The fraction of sp³-hybridized carbons (Fsp3) is 0.444. The number of rotatable bonds is 5. The lowest BCUT2D eigenvalue weighted by molar-refractivity contribution is 0.229. The molecule has 0 saturated heterocycles. The van der Waals surface area contributed by atoms with Gasteiger partial charge in [0.2, 0.25) is 5.88 Å². The van der Waals surface area contributed by atoms with Crippen LogP contribution in [0.4, 0.5) is 0 Å². The molecule has 0 bridgehead atoms. The molecule has 0 atom stereocenters. The lowest BCUT2D eigenvalue weighted by Crippen LogP contribution is -2.04. The van der Waals surface area contributed by atoms with E-state index in [-0.39, 0.29) is 6.61 Å². The fourth-order valence-electron chi connectivity index (χ4n) is 0.954. The average Bonchev–Trinajstić information content (AvgIpc) is 2.21. The van der Waals surface area contributed by atoms with Crippen molar-refractivity contribution >= 4 is 11.6 Å². The molecule has 0 aliphatic carbocycles. The second kappa shape index (κ2) is 5.80. The van der Waals surface area contributed by atoms with Crippen molar-refractivity contribution in [3.05, 3.63) is 22.8 Å². The summed E-state index contributed by atoms with van der Waals surface area (Å²) in [5.41, 5.74) is 6.27. The highest BCUT2D eigenvalue weighted by Gasteiger charge is 2.06. The maximum Gasteiger partial charge on any atom is 0.232 e. The summed E-state index contributed by atoms with van der Waals surface area (Å²) < 4.78 is 5.26. The molecule has 14 heavy (non-hydrogen) atoms. The Morgan fingerprint density at radius 3 is 3.00 bits per heavy atom. The van der Waals surface area contributed by atoms with Gasteiger partial charge in [0.15, 0.2) is 0 Å². The predicted octanol–water partition coefficient (Wildman–Crippen LogP) is 0.955. The van der Waals surface area contributed by atoms with Gasteiger partial charge in [-0.15, -0.1) is 0 Å². The van der Waals surface area contributed by atoms with Crippen LogP contribution in [0.15, 0.2) is 12.3 Å². The molecular formula is C9H13ClN2O2. The first kappa shape index (κ1) is 11.2. The maximum absolute atomic E-state index is 8.56. The lowest BCUT2D eigenvalue weighted by Gasteiger charge is -2.08. The van der Waals surface area contributed by atoms with Crippen LogP contribution < -0.4 is 10.5 Å². The number of nitrogens with zero attached hydrogens (tertiary/aromatic N) is 1. The summed E-state index contributed by atoms with van der Waals surface area (Å²) in [4.78, 5) is 3.97. The molecule has 0 aromatic carbocycles. The molecule has 3 N–H and O–H groups in total. The first-order valence-electron chi connectivity index (χ1n) is 4.36. The van der Waals surface area contributed by atoms with Gasteiger partial charge in [-0.1, -0.05) is 11.6 Å². The van der Waals surface area contributed by atoms with Crippen LogP contribution in [-0.4, -0.2) is 23.3 Å². The average molecular weight is 217 g/mol. The van der Waals surface area contributed by atoms with Gasteiger partial charge >= 0.3 is 0 Å². The maximum atomic E-state index is 8.56. The number of hydrogen-bond donors (Lipinski definition) is 2. The molecule has 4 nitrogen and oxygen atoms in total. The smallest absolute Gasteiger partial charge is 0.232 e. The minimum atomic E-state index is 0.0915. The quantitative estimate of drug-likeness (QED) is 0.720. The van der Waals surface area contributed by atoms with Crippen LogP contribution in [0.25, 0.3) is 0 Å². The number of halogens is 1. The van der Waals surface area contributed by atoms with Gasteiger partial charge in [-0.05, 0) is 11.6 Å². The van der Waals surface area contributed by atoms with E-state index in [0.29, 0.717) is 30.5 Å².